The molecule has 27 heavy (non-hydrogen) atoms. The molecule has 0 radical (unpaired) electrons. The Morgan fingerprint density at radius 2 is 2.04 bits per heavy atom. The number of hydrogen-bond acceptors (Lipinski definition) is 5. The summed E-state index contributed by atoms with van der Waals surface area (Å²) in [6, 6.07) is 7.29. The quantitative estimate of drug-likeness (QED) is 0.492. The van der Waals surface area contributed by atoms with Gasteiger partial charge in [-0.25, -0.2) is 0 Å². The first-order chi connectivity index (χ1) is 12.9. The van der Waals surface area contributed by atoms with Crippen LogP contribution in [0.2, 0.25) is 0 Å². The van der Waals surface area contributed by atoms with Crippen LogP contribution < -0.4 is 5.73 Å². The zero-order chi connectivity index (χ0) is 19.2. The number of aryl methyl sites for hydroxylation is 1. The molecule has 6 heteroatoms. The maximum Gasteiger partial charge on any atom is 0.145 e. The van der Waals surface area contributed by atoms with Gasteiger partial charge in [-0.2, -0.15) is 0 Å². The molecule has 1 saturated carbocycles. The number of aromatic nitrogens is 1. The Hall–Kier alpha value is -2.73. The normalized spacial score (nSPS) is 24.4. The van der Waals surface area contributed by atoms with E-state index in [1.807, 2.05) is 6.07 Å². The molecule has 2 aliphatic rings. The number of aromatic hydroxyl groups is 1. The lowest BCUT2D eigenvalue weighted by molar-refractivity contribution is -0.0280. The van der Waals surface area contributed by atoms with Crippen molar-refractivity contribution in [2.45, 2.75) is 50.7 Å². The Bertz CT molecular complexity index is 941. The summed E-state index contributed by atoms with van der Waals surface area (Å²) < 4.78 is 0. The van der Waals surface area contributed by atoms with Crippen molar-refractivity contribution in [3.05, 3.63) is 58.4 Å². The van der Waals surface area contributed by atoms with E-state index in [-0.39, 0.29) is 23.3 Å². The van der Waals surface area contributed by atoms with E-state index in [0.717, 1.165) is 30.4 Å². The maximum atomic E-state index is 10.7. The first kappa shape index (κ1) is 17.7. The molecular formula is C21H24N4O2. The molecule has 0 spiro atoms. The van der Waals surface area contributed by atoms with Gasteiger partial charge in [0.25, 0.3) is 0 Å². The fraction of sp³-hybridized carbons (Fsp3) is 0.381. The van der Waals surface area contributed by atoms with Gasteiger partial charge in [-0.05, 0) is 68.4 Å². The predicted octanol–water partition coefficient (Wildman–Crippen LogP) is 2.31. The van der Waals surface area contributed by atoms with Crippen molar-refractivity contribution < 1.29 is 10.2 Å². The summed E-state index contributed by atoms with van der Waals surface area (Å²) in [5.41, 5.74) is 9.27. The number of fused-ring (bicyclic) bond motifs is 1. The van der Waals surface area contributed by atoms with Crippen molar-refractivity contribution in [1.82, 2.24) is 4.98 Å². The number of rotatable bonds is 4. The lowest BCUT2D eigenvalue weighted by atomic mass is 9.77. The SMILES string of the molecule is CC1(O)CC(N=C(N)c2ncccc2C(=N)c2ccc3c(c2O)CCC3)C1. The summed E-state index contributed by atoms with van der Waals surface area (Å²) in [4.78, 5) is 8.81. The average Bonchev–Trinajstić information content (AvgIpc) is 3.09. The highest BCUT2D eigenvalue weighted by molar-refractivity contribution is 6.17. The smallest absolute Gasteiger partial charge is 0.145 e. The molecule has 0 atom stereocenters. The van der Waals surface area contributed by atoms with Crippen LogP contribution in [0.25, 0.3) is 0 Å². The number of phenols is 1. The minimum Gasteiger partial charge on any atom is -0.507 e. The van der Waals surface area contributed by atoms with E-state index in [0.29, 0.717) is 29.7 Å². The van der Waals surface area contributed by atoms with Gasteiger partial charge in [-0.3, -0.25) is 15.4 Å². The summed E-state index contributed by atoms with van der Waals surface area (Å²) in [6.07, 6.45) is 5.60. The van der Waals surface area contributed by atoms with Crippen molar-refractivity contribution in [3.63, 3.8) is 0 Å². The third-order valence-corrected chi connectivity index (χ3v) is 5.51. The Morgan fingerprint density at radius 1 is 1.26 bits per heavy atom. The lowest BCUT2D eigenvalue weighted by Gasteiger charge is -2.38. The number of phenolic OH excluding ortho intramolecular Hbond substituents is 1. The molecule has 2 aromatic rings. The summed E-state index contributed by atoms with van der Waals surface area (Å²) in [6.45, 7) is 1.79. The number of aliphatic hydroxyl groups is 1. The fourth-order valence-electron chi connectivity index (χ4n) is 4.11. The summed E-state index contributed by atoms with van der Waals surface area (Å²) >= 11 is 0. The Labute approximate surface area is 158 Å². The van der Waals surface area contributed by atoms with Gasteiger partial charge in [0.2, 0.25) is 0 Å². The van der Waals surface area contributed by atoms with E-state index in [1.165, 1.54) is 0 Å². The van der Waals surface area contributed by atoms with E-state index < -0.39 is 5.60 Å². The van der Waals surface area contributed by atoms with Gasteiger partial charge < -0.3 is 15.9 Å². The number of hydrogen-bond donors (Lipinski definition) is 4. The molecule has 1 aromatic carbocycles. The topological polar surface area (TPSA) is 116 Å². The zero-order valence-electron chi connectivity index (χ0n) is 15.4. The van der Waals surface area contributed by atoms with Crippen molar-refractivity contribution in [2.75, 3.05) is 0 Å². The van der Waals surface area contributed by atoms with Gasteiger partial charge in [0.15, 0.2) is 0 Å². The Kier molecular flexibility index (Phi) is 4.23. The lowest BCUT2D eigenvalue weighted by Crippen LogP contribution is -2.44. The second-order valence-corrected chi connectivity index (χ2v) is 7.80. The summed E-state index contributed by atoms with van der Waals surface area (Å²) in [5, 5.41) is 29.2. The second-order valence-electron chi connectivity index (χ2n) is 7.80. The largest absolute Gasteiger partial charge is 0.507 e. The first-order valence-electron chi connectivity index (χ1n) is 9.30. The molecule has 0 bridgehead atoms. The predicted molar refractivity (Wildman–Crippen MR) is 105 cm³/mol. The number of amidine groups is 1. The van der Waals surface area contributed by atoms with Gasteiger partial charge in [0.05, 0.1) is 17.4 Å². The monoisotopic (exact) mass is 364 g/mol. The van der Waals surface area contributed by atoms with Crippen LogP contribution >= 0.6 is 0 Å². The molecule has 0 saturated heterocycles. The van der Waals surface area contributed by atoms with Crippen LogP contribution in [0.4, 0.5) is 0 Å². The van der Waals surface area contributed by atoms with Gasteiger partial charge in [0, 0.05) is 17.3 Å². The van der Waals surface area contributed by atoms with Crippen molar-refractivity contribution >= 4 is 11.5 Å². The number of nitrogens with one attached hydrogen (secondary N) is 1. The molecule has 1 aromatic heterocycles. The van der Waals surface area contributed by atoms with Crippen molar-refractivity contribution in [1.29, 1.82) is 5.41 Å². The highest BCUT2D eigenvalue weighted by Gasteiger charge is 2.38. The van der Waals surface area contributed by atoms with E-state index >= 15 is 0 Å². The van der Waals surface area contributed by atoms with E-state index in [2.05, 4.69) is 9.98 Å². The molecule has 5 N–H and O–H groups in total. The molecule has 4 rings (SSSR count). The van der Waals surface area contributed by atoms with E-state index in [9.17, 15) is 10.2 Å². The Morgan fingerprint density at radius 3 is 2.78 bits per heavy atom. The van der Waals surface area contributed by atoms with Crippen molar-refractivity contribution in [2.24, 2.45) is 10.7 Å². The number of benzene rings is 1. The number of nitrogens with zero attached hydrogens (tertiary/aromatic N) is 2. The molecule has 0 aliphatic heterocycles. The molecule has 2 aliphatic carbocycles. The van der Waals surface area contributed by atoms with Crippen LogP contribution in [0.15, 0.2) is 35.5 Å². The average molecular weight is 364 g/mol. The first-order valence-corrected chi connectivity index (χ1v) is 9.30. The van der Waals surface area contributed by atoms with Crippen molar-refractivity contribution in [3.8, 4) is 5.75 Å². The van der Waals surface area contributed by atoms with Gasteiger partial charge in [-0.1, -0.05) is 6.07 Å². The minimum atomic E-state index is -0.676. The summed E-state index contributed by atoms with van der Waals surface area (Å²) in [7, 11) is 0. The molecule has 140 valence electrons. The maximum absolute atomic E-state index is 10.7. The Balaban J connectivity index is 1.67. The summed E-state index contributed by atoms with van der Waals surface area (Å²) in [5.74, 6) is 0.451. The van der Waals surface area contributed by atoms with Crippen LogP contribution in [-0.4, -0.2) is 38.4 Å². The molecule has 0 unspecified atom stereocenters. The van der Waals surface area contributed by atoms with Gasteiger partial charge in [0.1, 0.15) is 17.3 Å². The van der Waals surface area contributed by atoms with Crippen LogP contribution in [0.5, 0.6) is 5.75 Å². The van der Waals surface area contributed by atoms with Crippen LogP contribution in [0, 0.1) is 5.41 Å². The second kappa shape index (κ2) is 6.46. The minimum absolute atomic E-state index is 0.0302. The van der Waals surface area contributed by atoms with E-state index in [4.69, 9.17) is 11.1 Å². The van der Waals surface area contributed by atoms with Crippen LogP contribution in [0.1, 0.15) is 54.1 Å². The fourth-order valence-corrected chi connectivity index (χ4v) is 4.11. The molecule has 6 nitrogen and oxygen atoms in total. The highest BCUT2D eigenvalue weighted by atomic mass is 16.3. The highest BCUT2D eigenvalue weighted by Crippen LogP contribution is 2.35. The van der Waals surface area contributed by atoms with Gasteiger partial charge in [-0.15, -0.1) is 0 Å². The van der Waals surface area contributed by atoms with Crippen LogP contribution in [-0.2, 0) is 12.8 Å². The van der Waals surface area contributed by atoms with Crippen LogP contribution in [0.3, 0.4) is 0 Å². The molecule has 0 amide bonds. The molecule has 1 heterocycles. The number of pyridine rings is 1. The van der Waals surface area contributed by atoms with E-state index in [1.54, 1.807) is 31.3 Å². The number of nitrogens with two attached hydrogens (primary N) is 1. The third-order valence-electron chi connectivity index (χ3n) is 5.51. The molecular weight excluding hydrogens is 340 g/mol. The third kappa shape index (κ3) is 3.21. The van der Waals surface area contributed by atoms with Gasteiger partial charge >= 0.3 is 0 Å². The number of aliphatic imine (C=N–C) groups is 1. The molecule has 1 fully saturated rings. The zero-order valence-corrected chi connectivity index (χ0v) is 15.4. The standard InChI is InChI=1S/C21H24N4O2/c1-21(27)10-13(11-21)25-20(23)18-15(6-3-9-24-18)17(22)16-8-7-12-4-2-5-14(12)19(16)26/h3,6-9,13,22,26-27H,2,4-5,10-11H2,1H3,(H2,23,25).